The average Bonchev–Trinajstić information content (AvgIpc) is 2.64. The molecule has 0 spiro atoms. The first-order chi connectivity index (χ1) is 12.5. The van der Waals surface area contributed by atoms with E-state index in [1.165, 1.54) is 22.8 Å². The first-order valence-corrected chi connectivity index (χ1v) is 7.73. The summed E-state index contributed by atoms with van der Waals surface area (Å²) in [6, 6.07) is 12.9. The van der Waals surface area contributed by atoms with Crippen molar-refractivity contribution >= 4 is 22.9 Å². The molecule has 1 heterocycles. The van der Waals surface area contributed by atoms with E-state index in [1.54, 1.807) is 36.4 Å². The number of hydrogen-bond donors (Lipinski definition) is 1. The number of hydrogen-bond acceptors (Lipinski definition) is 3. The SMILES string of the molecule is N#Cc1ccc(/C=C/Cn2cc(C(=O)O)c(=O)c3cccc(F)c32)cc1. The van der Waals surface area contributed by atoms with E-state index in [0.717, 1.165) is 11.8 Å². The molecule has 0 aliphatic rings. The molecule has 0 aliphatic heterocycles. The fourth-order valence-corrected chi connectivity index (χ4v) is 2.68. The molecule has 1 N–H and O–H groups in total. The zero-order valence-electron chi connectivity index (χ0n) is 13.5. The van der Waals surface area contributed by atoms with Gasteiger partial charge in [0.25, 0.3) is 0 Å². The number of allylic oxidation sites excluding steroid dienone is 1. The van der Waals surface area contributed by atoms with Gasteiger partial charge >= 0.3 is 5.97 Å². The van der Waals surface area contributed by atoms with Crippen molar-refractivity contribution in [2.24, 2.45) is 0 Å². The zero-order chi connectivity index (χ0) is 18.7. The topological polar surface area (TPSA) is 83.1 Å². The number of rotatable bonds is 4. The largest absolute Gasteiger partial charge is 0.477 e. The third kappa shape index (κ3) is 3.23. The van der Waals surface area contributed by atoms with Gasteiger partial charge in [0, 0.05) is 18.1 Å². The molecule has 6 heteroatoms. The van der Waals surface area contributed by atoms with Crippen LogP contribution < -0.4 is 5.43 Å². The normalized spacial score (nSPS) is 10.9. The molecule has 5 nitrogen and oxygen atoms in total. The predicted molar refractivity (Wildman–Crippen MR) is 95.3 cm³/mol. The van der Waals surface area contributed by atoms with Crippen molar-refractivity contribution in [1.82, 2.24) is 4.57 Å². The second kappa shape index (κ2) is 7.03. The smallest absolute Gasteiger partial charge is 0.341 e. The Morgan fingerprint density at radius 3 is 2.62 bits per heavy atom. The number of fused-ring (bicyclic) bond motifs is 1. The highest BCUT2D eigenvalue weighted by Crippen LogP contribution is 2.16. The van der Waals surface area contributed by atoms with E-state index < -0.39 is 22.8 Å². The van der Waals surface area contributed by atoms with Crippen LogP contribution in [0.15, 0.2) is 59.5 Å². The lowest BCUT2D eigenvalue weighted by molar-refractivity contribution is 0.0695. The molecule has 0 unspecified atom stereocenters. The lowest BCUT2D eigenvalue weighted by Gasteiger charge is -2.11. The minimum atomic E-state index is -1.36. The fraction of sp³-hybridized carbons (Fsp3) is 0.0500. The summed E-state index contributed by atoms with van der Waals surface area (Å²) < 4.78 is 15.6. The van der Waals surface area contributed by atoms with Gasteiger partial charge in [-0.25, -0.2) is 9.18 Å². The maximum absolute atomic E-state index is 14.2. The summed E-state index contributed by atoms with van der Waals surface area (Å²) in [7, 11) is 0. The quantitative estimate of drug-likeness (QED) is 0.783. The standard InChI is InChI=1S/C20H13FN2O3/c21-17-5-1-4-15-18(17)23(12-16(19(15)24)20(25)26)10-2-3-13-6-8-14(11-22)9-7-13/h1-9,12H,10H2,(H,25,26)/b3-2+. The summed E-state index contributed by atoms with van der Waals surface area (Å²) in [5, 5.41) is 18.0. The minimum Gasteiger partial charge on any atom is -0.477 e. The Hall–Kier alpha value is -3.72. The lowest BCUT2D eigenvalue weighted by Crippen LogP contribution is -2.19. The van der Waals surface area contributed by atoms with Crippen LogP contribution in [-0.2, 0) is 6.54 Å². The first kappa shape index (κ1) is 17.1. The number of benzene rings is 2. The van der Waals surface area contributed by atoms with Gasteiger partial charge in [-0.3, -0.25) is 4.79 Å². The van der Waals surface area contributed by atoms with Gasteiger partial charge in [-0.1, -0.05) is 30.4 Å². The molecule has 26 heavy (non-hydrogen) atoms. The van der Waals surface area contributed by atoms with E-state index in [2.05, 4.69) is 0 Å². The van der Waals surface area contributed by atoms with Crippen molar-refractivity contribution in [3.8, 4) is 6.07 Å². The van der Waals surface area contributed by atoms with Gasteiger partial charge in [0.15, 0.2) is 0 Å². The van der Waals surface area contributed by atoms with E-state index in [0.29, 0.717) is 5.56 Å². The summed E-state index contributed by atoms with van der Waals surface area (Å²) >= 11 is 0. The van der Waals surface area contributed by atoms with Crippen LogP contribution in [0.2, 0.25) is 0 Å². The van der Waals surface area contributed by atoms with E-state index in [1.807, 2.05) is 6.07 Å². The highest BCUT2D eigenvalue weighted by atomic mass is 19.1. The molecule has 3 rings (SSSR count). The van der Waals surface area contributed by atoms with E-state index >= 15 is 0 Å². The number of nitrogens with zero attached hydrogens (tertiary/aromatic N) is 2. The Labute approximate surface area is 147 Å². The third-order valence-corrected chi connectivity index (χ3v) is 3.93. The molecule has 0 amide bonds. The van der Waals surface area contributed by atoms with E-state index in [-0.39, 0.29) is 17.4 Å². The number of aromatic nitrogens is 1. The molecule has 0 atom stereocenters. The molecule has 128 valence electrons. The summed E-state index contributed by atoms with van der Waals surface area (Å²) in [5.74, 6) is -1.95. The van der Waals surface area contributed by atoms with Crippen LogP contribution in [0.1, 0.15) is 21.5 Å². The second-order valence-corrected chi connectivity index (χ2v) is 5.60. The zero-order valence-corrected chi connectivity index (χ0v) is 13.5. The summed E-state index contributed by atoms with van der Waals surface area (Å²) in [5.41, 5.74) is 0.330. The van der Waals surface area contributed by atoms with Gasteiger partial charge in [0.1, 0.15) is 11.4 Å². The van der Waals surface area contributed by atoms with E-state index in [9.17, 15) is 19.1 Å². The summed E-state index contributed by atoms with van der Waals surface area (Å²) in [4.78, 5) is 23.5. The highest BCUT2D eigenvalue weighted by Gasteiger charge is 2.16. The van der Waals surface area contributed by atoms with Gasteiger partial charge in [-0.15, -0.1) is 0 Å². The molecule has 1 aromatic heterocycles. The molecule has 2 aromatic carbocycles. The van der Waals surface area contributed by atoms with Crippen molar-refractivity contribution in [2.75, 3.05) is 0 Å². The van der Waals surface area contributed by atoms with Gasteiger partial charge in [-0.2, -0.15) is 5.26 Å². The average molecular weight is 348 g/mol. The molecule has 0 bridgehead atoms. The Kier molecular flexibility index (Phi) is 4.63. The second-order valence-electron chi connectivity index (χ2n) is 5.60. The highest BCUT2D eigenvalue weighted by molar-refractivity contribution is 5.92. The number of carboxylic acid groups (broad SMARTS) is 1. The van der Waals surface area contributed by atoms with Crippen molar-refractivity contribution in [3.63, 3.8) is 0 Å². The van der Waals surface area contributed by atoms with Crippen molar-refractivity contribution in [2.45, 2.75) is 6.54 Å². The van der Waals surface area contributed by atoms with Crippen LogP contribution in [0.25, 0.3) is 17.0 Å². The number of para-hydroxylation sites is 1. The Bertz CT molecular complexity index is 1120. The maximum Gasteiger partial charge on any atom is 0.341 e. The third-order valence-electron chi connectivity index (χ3n) is 3.93. The van der Waals surface area contributed by atoms with Crippen LogP contribution in [0, 0.1) is 17.1 Å². The first-order valence-electron chi connectivity index (χ1n) is 7.73. The van der Waals surface area contributed by atoms with Gasteiger partial charge in [0.05, 0.1) is 17.1 Å². The van der Waals surface area contributed by atoms with Crippen molar-refractivity contribution in [3.05, 3.63) is 87.5 Å². The molecule has 0 fully saturated rings. The lowest BCUT2D eigenvalue weighted by atomic mass is 10.1. The Morgan fingerprint density at radius 2 is 1.96 bits per heavy atom. The molecule has 0 radical (unpaired) electrons. The number of nitriles is 1. The Morgan fingerprint density at radius 1 is 1.23 bits per heavy atom. The molecular weight excluding hydrogens is 335 g/mol. The number of aromatic carboxylic acids is 1. The molecule has 3 aromatic rings. The molecule has 0 saturated heterocycles. The number of halogens is 1. The van der Waals surface area contributed by atoms with Crippen LogP contribution in [0.4, 0.5) is 4.39 Å². The van der Waals surface area contributed by atoms with Gasteiger partial charge < -0.3 is 9.67 Å². The van der Waals surface area contributed by atoms with Crippen molar-refractivity contribution < 1.29 is 14.3 Å². The van der Waals surface area contributed by atoms with Crippen LogP contribution in [-0.4, -0.2) is 15.6 Å². The minimum absolute atomic E-state index is 0.0247. The summed E-state index contributed by atoms with van der Waals surface area (Å²) in [6.07, 6.45) is 4.65. The van der Waals surface area contributed by atoms with Crippen LogP contribution >= 0.6 is 0 Å². The van der Waals surface area contributed by atoms with Crippen LogP contribution in [0.5, 0.6) is 0 Å². The number of carbonyl (C=O) groups is 1. The number of carboxylic acids is 1. The number of pyridine rings is 1. The predicted octanol–water partition coefficient (Wildman–Crippen LogP) is 3.42. The molecule has 0 aliphatic carbocycles. The maximum atomic E-state index is 14.2. The monoisotopic (exact) mass is 348 g/mol. The van der Waals surface area contributed by atoms with Gasteiger partial charge in [0.2, 0.25) is 5.43 Å². The Balaban J connectivity index is 2.02. The van der Waals surface area contributed by atoms with Gasteiger partial charge in [-0.05, 0) is 29.8 Å². The molecule has 0 saturated carbocycles. The fourth-order valence-electron chi connectivity index (χ4n) is 2.68. The van der Waals surface area contributed by atoms with E-state index in [4.69, 9.17) is 5.26 Å². The summed E-state index contributed by atoms with van der Waals surface area (Å²) in [6.45, 7) is 0.179. The molecular formula is C20H13FN2O3. The van der Waals surface area contributed by atoms with Crippen LogP contribution in [0.3, 0.4) is 0 Å². The van der Waals surface area contributed by atoms with Crippen molar-refractivity contribution in [1.29, 1.82) is 5.26 Å².